The van der Waals surface area contributed by atoms with Gasteiger partial charge in [0.25, 0.3) is 0 Å². The normalized spacial score (nSPS) is 27.5. The zero-order valence-corrected chi connectivity index (χ0v) is 20.3. The minimum absolute atomic E-state index is 0.0388. The number of benzene rings is 1. The molecule has 0 aromatic heterocycles. The Labute approximate surface area is 202 Å². The minimum Gasteiger partial charge on any atom is -0.489 e. The van der Waals surface area contributed by atoms with Crippen LogP contribution in [-0.2, 0) is 16.0 Å². The summed E-state index contributed by atoms with van der Waals surface area (Å²) in [5.41, 5.74) is 2.26. The van der Waals surface area contributed by atoms with Gasteiger partial charge in [-0.2, -0.15) is 0 Å². The fourth-order valence-corrected chi connectivity index (χ4v) is 5.38. The maximum Gasteiger partial charge on any atom is 0.222 e. The molecule has 184 valence electrons. The summed E-state index contributed by atoms with van der Waals surface area (Å²) in [4.78, 5) is 14.4. The van der Waals surface area contributed by atoms with Gasteiger partial charge in [-0.3, -0.25) is 4.79 Å². The van der Waals surface area contributed by atoms with E-state index in [1.54, 1.807) is 6.92 Å². The molecule has 1 saturated heterocycles. The number of morpholine rings is 1. The SMILES string of the molecule is CC#CC[C@H](C)[C@H](O)C=C[C@@H]1[C@H]2c3cccc(CCCC(=O)N4CCOCC4)c3O[C@H]2C[C@H]1O. The molecule has 1 aliphatic carbocycles. The molecule has 2 N–H and O–H groups in total. The number of carbonyl (C=O) groups excluding carboxylic acids is 1. The van der Waals surface area contributed by atoms with Crippen LogP contribution < -0.4 is 4.74 Å². The molecule has 0 unspecified atom stereocenters. The van der Waals surface area contributed by atoms with E-state index in [0.717, 1.165) is 29.7 Å². The number of para-hydroxylation sites is 1. The number of ether oxygens (including phenoxy) is 2. The quantitative estimate of drug-likeness (QED) is 0.454. The van der Waals surface area contributed by atoms with Crippen molar-refractivity contribution in [3.05, 3.63) is 41.5 Å². The van der Waals surface area contributed by atoms with Gasteiger partial charge in [-0.15, -0.1) is 11.8 Å². The predicted octanol–water partition coefficient (Wildman–Crippen LogP) is 3.06. The van der Waals surface area contributed by atoms with Gasteiger partial charge in [-0.25, -0.2) is 0 Å². The highest BCUT2D eigenvalue weighted by molar-refractivity contribution is 5.76. The standard InChI is InChI=1S/C28H37NO5/c1-3-4-7-19(2)23(30)13-12-21-24(31)18-25-27(21)22-10-5-8-20(28(22)34-25)9-6-11-26(32)29-14-16-33-17-15-29/h5,8,10,12-13,19,21,23-25,27,30-31H,6-7,9,11,14-18H2,1-2H3/t19-,21-,23+,24+,25-,27-/m0/s1. The van der Waals surface area contributed by atoms with Crippen molar-refractivity contribution < 1.29 is 24.5 Å². The molecule has 2 heterocycles. The number of carbonyl (C=O) groups is 1. The number of aliphatic hydroxyl groups excluding tert-OH is 2. The zero-order valence-electron chi connectivity index (χ0n) is 20.3. The Balaban J connectivity index is 1.40. The Morgan fingerprint density at radius 3 is 2.88 bits per heavy atom. The summed E-state index contributed by atoms with van der Waals surface area (Å²) in [5.74, 6) is 7.04. The molecule has 2 fully saturated rings. The summed E-state index contributed by atoms with van der Waals surface area (Å²) in [6.07, 6.45) is 5.96. The van der Waals surface area contributed by atoms with E-state index in [1.165, 1.54) is 0 Å². The molecule has 1 aromatic carbocycles. The molecule has 1 amide bonds. The van der Waals surface area contributed by atoms with Gasteiger partial charge < -0.3 is 24.6 Å². The molecule has 6 heteroatoms. The summed E-state index contributed by atoms with van der Waals surface area (Å²) in [6, 6.07) is 6.23. The summed E-state index contributed by atoms with van der Waals surface area (Å²) in [5, 5.41) is 21.2. The van der Waals surface area contributed by atoms with E-state index in [9.17, 15) is 15.0 Å². The Bertz CT molecular complexity index is 942. The number of aryl methyl sites for hydroxylation is 1. The maximum absolute atomic E-state index is 12.5. The highest BCUT2D eigenvalue weighted by atomic mass is 16.5. The Hall–Kier alpha value is -2.33. The van der Waals surface area contributed by atoms with Crippen molar-refractivity contribution in [2.45, 2.75) is 70.2 Å². The van der Waals surface area contributed by atoms with Crippen molar-refractivity contribution in [3.8, 4) is 17.6 Å². The van der Waals surface area contributed by atoms with Crippen LogP contribution in [0.2, 0.25) is 0 Å². The second-order valence-corrected chi connectivity index (χ2v) is 9.73. The molecular formula is C28H37NO5. The van der Waals surface area contributed by atoms with E-state index in [1.807, 2.05) is 24.0 Å². The highest BCUT2D eigenvalue weighted by Crippen LogP contribution is 2.52. The van der Waals surface area contributed by atoms with Crippen LogP contribution in [-0.4, -0.2) is 65.6 Å². The Morgan fingerprint density at radius 1 is 1.32 bits per heavy atom. The zero-order chi connectivity index (χ0) is 24.1. The van der Waals surface area contributed by atoms with E-state index in [2.05, 4.69) is 30.0 Å². The third-order valence-electron chi connectivity index (χ3n) is 7.40. The summed E-state index contributed by atoms with van der Waals surface area (Å²) >= 11 is 0. The van der Waals surface area contributed by atoms with Gasteiger partial charge in [0.1, 0.15) is 11.9 Å². The molecule has 1 aromatic rings. The van der Waals surface area contributed by atoms with E-state index in [-0.39, 0.29) is 29.8 Å². The van der Waals surface area contributed by atoms with Crippen LogP contribution in [0.5, 0.6) is 5.75 Å². The fourth-order valence-electron chi connectivity index (χ4n) is 5.38. The largest absolute Gasteiger partial charge is 0.489 e. The molecular weight excluding hydrogens is 430 g/mol. The van der Waals surface area contributed by atoms with Gasteiger partial charge in [0.15, 0.2) is 0 Å². The fraction of sp³-hybridized carbons (Fsp3) is 0.607. The van der Waals surface area contributed by atoms with E-state index >= 15 is 0 Å². The lowest BCUT2D eigenvalue weighted by Crippen LogP contribution is -2.40. The monoisotopic (exact) mass is 467 g/mol. The van der Waals surface area contributed by atoms with Crippen LogP contribution in [0, 0.1) is 23.7 Å². The van der Waals surface area contributed by atoms with Crippen LogP contribution in [0.3, 0.4) is 0 Å². The maximum atomic E-state index is 12.5. The average molecular weight is 468 g/mol. The van der Waals surface area contributed by atoms with E-state index in [0.29, 0.717) is 45.6 Å². The lowest BCUT2D eigenvalue weighted by Gasteiger charge is -2.26. The number of amides is 1. The first-order valence-electron chi connectivity index (χ1n) is 12.6. The molecule has 4 rings (SSSR count). The van der Waals surface area contributed by atoms with Gasteiger partial charge in [0.2, 0.25) is 5.91 Å². The summed E-state index contributed by atoms with van der Waals surface area (Å²) in [7, 11) is 0. The van der Waals surface area contributed by atoms with Crippen LogP contribution in [0.15, 0.2) is 30.4 Å². The number of hydrogen-bond donors (Lipinski definition) is 2. The van der Waals surface area contributed by atoms with Gasteiger partial charge in [-0.05, 0) is 31.2 Å². The number of rotatable bonds is 8. The predicted molar refractivity (Wildman–Crippen MR) is 130 cm³/mol. The molecule has 0 bridgehead atoms. The highest BCUT2D eigenvalue weighted by Gasteiger charge is 2.48. The average Bonchev–Trinajstić information content (AvgIpc) is 3.36. The molecule has 3 aliphatic rings. The molecule has 0 radical (unpaired) electrons. The Kier molecular flexibility index (Phi) is 8.31. The van der Waals surface area contributed by atoms with Crippen LogP contribution in [0.25, 0.3) is 0 Å². The lowest BCUT2D eigenvalue weighted by molar-refractivity contribution is -0.135. The molecule has 0 spiro atoms. The smallest absolute Gasteiger partial charge is 0.222 e. The summed E-state index contributed by atoms with van der Waals surface area (Å²) in [6.45, 7) is 6.40. The molecule has 6 nitrogen and oxygen atoms in total. The number of aliphatic hydroxyl groups is 2. The van der Waals surface area contributed by atoms with Crippen LogP contribution in [0.4, 0.5) is 0 Å². The minimum atomic E-state index is -0.593. The van der Waals surface area contributed by atoms with Gasteiger partial charge in [0.05, 0.1) is 25.4 Å². The van der Waals surface area contributed by atoms with Gasteiger partial charge >= 0.3 is 0 Å². The molecule has 6 atom stereocenters. The first-order valence-corrected chi connectivity index (χ1v) is 12.6. The van der Waals surface area contributed by atoms with E-state index in [4.69, 9.17) is 9.47 Å². The summed E-state index contributed by atoms with van der Waals surface area (Å²) < 4.78 is 11.7. The van der Waals surface area contributed by atoms with E-state index < -0.39 is 12.2 Å². The van der Waals surface area contributed by atoms with Gasteiger partial charge in [-0.1, -0.05) is 37.3 Å². The van der Waals surface area contributed by atoms with Crippen molar-refractivity contribution in [2.75, 3.05) is 26.3 Å². The van der Waals surface area contributed by atoms with Crippen molar-refractivity contribution >= 4 is 5.91 Å². The third-order valence-corrected chi connectivity index (χ3v) is 7.40. The lowest BCUT2D eigenvalue weighted by atomic mass is 9.86. The van der Waals surface area contributed by atoms with Crippen molar-refractivity contribution in [3.63, 3.8) is 0 Å². The topological polar surface area (TPSA) is 79.2 Å². The van der Waals surface area contributed by atoms with Crippen LogP contribution in [0.1, 0.15) is 56.6 Å². The second kappa shape index (κ2) is 11.4. The van der Waals surface area contributed by atoms with Crippen molar-refractivity contribution in [2.24, 2.45) is 11.8 Å². The van der Waals surface area contributed by atoms with Crippen molar-refractivity contribution in [1.29, 1.82) is 0 Å². The van der Waals surface area contributed by atoms with Gasteiger partial charge in [0, 0.05) is 49.8 Å². The molecule has 1 saturated carbocycles. The van der Waals surface area contributed by atoms with Crippen molar-refractivity contribution in [1.82, 2.24) is 4.90 Å². The number of nitrogens with zero attached hydrogens (tertiary/aromatic N) is 1. The first kappa shape index (κ1) is 24.8. The number of hydrogen-bond acceptors (Lipinski definition) is 5. The van der Waals surface area contributed by atoms with Crippen LogP contribution >= 0.6 is 0 Å². The number of fused-ring (bicyclic) bond motifs is 3. The molecule has 34 heavy (non-hydrogen) atoms. The first-order chi connectivity index (χ1) is 16.5. The molecule has 2 aliphatic heterocycles. The Morgan fingerprint density at radius 2 is 2.12 bits per heavy atom. The third kappa shape index (κ3) is 5.49. The second-order valence-electron chi connectivity index (χ2n) is 9.73.